The van der Waals surface area contributed by atoms with Crippen LogP contribution in [0.25, 0.3) is 0 Å². The highest BCUT2D eigenvalue weighted by molar-refractivity contribution is 7.89. The standard InChI is InChI=1S/C17H23NO6S/c1-12-8-15(23-3)9-13(2)17(12)25(21,22)18-7-5-4-6-14(18)10-24-11-16(19)20/h8-10H,4-7,11H2,1-3H3,(H,19,20)/b14-10+. The number of sulfonamides is 1. The lowest BCUT2D eigenvalue weighted by Crippen LogP contribution is -2.35. The zero-order valence-corrected chi connectivity index (χ0v) is 15.4. The van der Waals surface area contributed by atoms with E-state index in [1.807, 2.05) is 0 Å². The summed E-state index contributed by atoms with van der Waals surface area (Å²) >= 11 is 0. The molecule has 8 heteroatoms. The highest BCUT2D eigenvalue weighted by atomic mass is 32.2. The van der Waals surface area contributed by atoms with E-state index < -0.39 is 22.6 Å². The van der Waals surface area contributed by atoms with Crippen LogP contribution in [0, 0.1) is 13.8 Å². The molecule has 1 fully saturated rings. The van der Waals surface area contributed by atoms with Gasteiger partial charge in [-0.1, -0.05) is 0 Å². The molecule has 0 aliphatic carbocycles. The summed E-state index contributed by atoms with van der Waals surface area (Å²) in [5, 5.41) is 8.67. The average molecular weight is 369 g/mol. The molecule has 0 spiro atoms. The van der Waals surface area contributed by atoms with Gasteiger partial charge >= 0.3 is 5.97 Å². The summed E-state index contributed by atoms with van der Waals surface area (Å²) in [6, 6.07) is 3.38. The Kier molecular flexibility index (Phi) is 5.94. The van der Waals surface area contributed by atoms with Crippen LogP contribution in [-0.4, -0.2) is 44.1 Å². The number of nitrogens with zero attached hydrogens (tertiary/aromatic N) is 1. The first-order valence-electron chi connectivity index (χ1n) is 7.97. The fraction of sp³-hybridized carbons (Fsp3) is 0.471. The van der Waals surface area contributed by atoms with Crippen LogP contribution in [0.15, 0.2) is 29.0 Å². The van der Waals surface area contributed by atoms with Crippen molar-refractivity contribution in [2.24, 2.45) is 0 Å². The van der Waals surface area contributed by atoms with E-state index in [1.165, 1.54) is 17.7 Å². The Bertz CT molecular complexity index is 761. The lowest BCUT2D eigenvalue weighted by atomic mass is 10.1. The van der Waals surface area contributed by atoms with Crippen LogP contribution in [0.5, 0.6) is 5.75 Å². The van der Waals surface area contributed by atoms with Gasteiger partial charge in [0.15, 0.2) is 6.61 Å². The van der Waals surface area contributed by atoms with Gasteiger partial charge in [0.1, 0.15) is 12.0 Å². The normalized spacial score (nSPS) is 16.8. The van der Waals surface area contributed by atoms with Crippen molar-refractivity contribution in [3.63, 3.8) is 0 Å². The number of carbonyl (C=O) groups is 1. The van der Waals surface area contributed by atoms with E-state index in [9.17, 15) is 13.2 Å². The van der Waals surface area contributed by atoms with Crippen LogP contribution < -0.4 is 4.74 Å². The van der Waals surface area contributed by atoms with E-state index >= 15 is 0 Å². The minimum absolute atomic E-state index is 0.249. The molecule has 1 saturated heterocycles. The van der Waals surface area contributed by atoms with Crippen LogP contribution in [0.2, 0.25) is 0 Å². The first-order valence-corrected chi connectivity index (χ1v) is 9.41. The summed E-state index contributed by atoms with van der Waals surface area (Å²) in [5.74, 6) is -0.503. The van der Waals surface area contributed by atoms with Gasteiger partial charge in [0.25, 0.3) is 10.0 Å². The predicted octanol–water partition coefficient (Wildman–Crippen LogP) is 2.43. The van der Waals surface area contributed by atoms with Gasteiger partial charge in [-0.3, -0.25) is 4.31 Å². The summed E-state index contributed by atoms with van der Waals surface area (Å²) in [4.78, 5) is 10.8. The number of ether oxygens (including phenoxy) is 2. The summed E-state index contributed by atoms with van der Waals surface area (Å²) in [5.41, 5.74) is 1.68. The van der Waals surface area contributed by atoms with Gasteiger partial charge in [-0.05, 0) is 56.4 Å². The van der Waals surface area contributed by atoms with Crippen molar-refractivity contribution >= 4 is 16.0 Å². The van der Waals surface area contributed by atoms with Gasteiger partial charge in [0.2, 0.25) is 0 Å². The second kappa shape index (κ2) is 7.77. The Morgan fingerprint density at radius 3 is 2.48 bits per heavy atom. The zero-order valence-electron chi connectivity index (χ0n) is 14.6. The van der Waals surface area contributed by atoms with E-state index in [0.717, 1.165) is 12.8 Å². The van der Waals surface area contributed by atoms with Crippen molar-refractivity contribution in [1.29, 1.82) is 0 Å². The van der Waals surface area contributed by atoms with Crippen molar-refractivity contribution in [2.45, 2.75) is 38.0 Å². The van der Waals surface area contributed by atoms with Crippen LogP contribution >= 0.6 is 0 Å². The van der Waals surface area contributed by atoms with Crippen molar-refractivity contribution in [1.82, 2.24) is 4.31 Å². The van der Waals surface area contributed by atoms with Crippen molar-refractivity contribution in [3.8, 4) is 5.75 Å². The molecule has 2 rings (SSSR count). The molecule has 25 heavy (non-hydrogen) atoms. The van der Waals surface area contributed by atoms with Gasteiger partial charge in [-0.2, -0.15) is 0 Å². The third-order valence-corrected chi connectivity index (χ3v) is 6.17. The number of carboxylic acids is 1. The molecule has 1 aliphatic rings. The van der Waals surface area contributed by atoms with E-state index in [0.29, 0.717) is 35.5 Å². The smallest absolute Gasteiger partial charge is 0.341 e. The molecular weight excluding hydrogens is 346 g/mol. The maximum atomic E-state index is 13.2. The number of hydrogen-bond donors (Lipinski definition) is 1. The zero-order chi connectivity index (χ0) is 18.6. The molecule has 0 bridgehead atoms. The molecule has 0 unspecified atom stereocenters. The van der Waals surface area contributed by atoms with E-state index in [-0.39, 0.29) is 4.90 Å². The van der Waals surface area contributed by atoms with Gasteiger partial charge in [0.05, 0.1) is 17.7 Å². The quantitative estimate of drug-likeness (QED) is 0.774. The minimum atomic E-state index is -3.77. The molecule has 138 valence electrons. The molecule has 1 N–H and O–H groups in total. The number of aryl methyl sites for hydroxylation is 2. The second-order valence-electron chi connectivity index (χ2n) is 5.94. The Balaban J connectivity index is 2.41. The highest BCUT2D eigenvalue weighted by Crippen LogP contribution is 2.33. The fourth-order valence-electron chi connectivity index (χ4n) is 2.98. The Hall–Kier alpha value is -2.22. The number of benzene rings is 1. The Morgan fingerprint density at radius 2 is 1.92 bits per heavy atom. The third-order valence-electron chi connectivity index (χ3n) is 4.01. The molecule has 0 aromatic heterocycles. The van der Waals surface area contributed by atoms with E-state index in [1.54, 1.807) is 26.0 Å². The van der Waals surface area contributed by atoms with Crippen LogP contribution in [0.1, 0.15) is 30.4 Å². The summed E-state index contributed by atoms with van der Waals surface area (Å²) < 4.78 is 37.9. The number of allylic oxidation sites excluding steroid dienone is 1. The fourth-order valence-corrected chi connectivity index (χ4v) is 4.94. The lowest BCUT2D eigenvalue weighted by Gasteiger charge is -2.31. The van der Waals surface area contributed by atoms with E-state index in [4.69, 9.17) is 14.6 Å². The molecule has 1 heterocycles. The van der Waals surface area contributed by atoms with Crippen LogP contribution in [-0.2, 0) is 19.6 Å². The van der Waals surface area contributed by atoms with Crippen molar-refractivity contribution in [3.05, 3.63) is 35.2 Å². The van der Waals surface area contributed by atoms with Crippen LogP contribution in [0.3, 0.4) is 0 Å². The summed E-state index contributed by atoms with van der Waals surface area (Å²) in [6.45, 7) is 3.31. The molecule has 0 saturated carbocycles. The second-order valence-corrected chi connectivity index (χ2v) is 7.74. The molecular formula is C17H23NO6S. The van der Waals surface area contributed by atoms with Gasteiger partial charge < -0.3 is 14.6 Å². The first kappa shape index (κ1) is 19.1. The third kappa shape index (κ3) is 4.25. The molecule has 1 aromatic rings. The van der Waals surface area contributed by atoms with Crippen molar-refractivity contribution < 1.29 is 27.8 Å². The van der Waals surface area contributed by atoms with Gasteiger partial charge in [-0.25, -0.2) is 13.2 Å². The number of carboxylic acid groups (broad SMARTS) is 1. The number of hydrogen-bond acceptors (Lipinski definition) is 5. The summed E-state index contributed by atoms with van der Waals surface area (Å²) in [7, 11) is -2.23. The van der Waals surface area contributed by atoms with Gasteiger partial charge in [0, 0.05) is 6.54 Å². The Labute approximate surface area is 147 Å². The molecule has 0 radical (unpaired) electrons. The molecule has 1 aliphatic heterocycles. The molecule has 0 amide bonds. The summed E-state index contributed by atoms with van der Waals surface area (Å²) in [6.07, 6.45) is 3.34. The maximum absolute atomic E-state index is 13.2. The minimum Gasteiger partial charge on any atom is -0.497 e. The van der Waals surface area contributed by atoms with E-state index in [2.05, 4.69) is 0 Å². The number of rotatable bonds is 6. The highest BCUT2D eigenvalue weighted by Gasteiger charge is 2.31. The number of methoxy groups -OCH3 is 1. The number of piperidine rings is 1. The van der Waals surface area contributed by atoms with Crippen molar-refractivity contribution in [2.75, 3.05) is 20.3 Å². The monoisotopic (exact) mass is 369 g/mol. The van der Waals surface area contributed by atoms with Crippen LogP contribution in [0.4, 0.5) is 0 Å². The molecule has 1 aromatic carbocycles. The lowest BCUT2D eigenvalue weighted by molar-refractivity contribution is -0.140. The first-order chi connectivity index (χ1) is 11.8. The molecule has 0 atom stereocenters. The average Bonchev–Trinajstić information content (AvgIpc) is 2.53. The predicted molar refractivity (Wildman–Crippen MR) is 91.9 cm³/mol. The topological polar surface area (TPSA) is 93.1 Å². The maximum Gasteiger partial charge on any atom is 0.341 e. The Morgan fingerprint density at radius 1 is 1.28 bits per heavy atom. The largest absolute Gasteiger partial charge is 0.497 e. The number of aliphatic carboxylic acids is 1. The molecule has 7 nitrogen and oxygen atoms in total. The van der Waals surface area contributed by atoms with Gasteiger partial charge in [-0.15, -0.1) is 0 Å². The SMILES string of the molecule is COc1cc(C)c(S(=O)(=O)N2CCCC/C2=C\OCC(=O)O)c(C)c1.